The van der Waals surface area contributed by atoms with E-state index >= 15 is 0 Å². The lowest BCUT2D eigenvalue weighted by molar-refractivity contribution is 0.180. The van der Waals surface area contributed by atoms with Crippen molar-refractivity contribution in [3.05, 3.63) is 53.6 Å². The van der Waals surface area contributed by atoms with E-state index in [4.69, 9.17) is 19.2 Å². The quantitative estimate of drug-likeness (QED) is 0.223. The lowest BCUT2D eigenvalue weighted by Gasteiger charge is -2.19. The molecule has 0 spiro atoms. The number of aliphatic imine (C=N–C) groups is 1. The molecular weight excluding hydrogens is 533 g/mol. The Kier molecular flexibility index (Phi) is 11.6. The molecule has 3 rings (SSSR count). The van der Waals surface area contributed by atoms with Gasteiger partial charge in [0.1, 0.15) is 5.75 Å². The summed E-state index contributed by atoms with van der Waals surface area (Å²) in [6.45, 7) is 3.48. The van der Waals surface area contributed by atoms with Crippen LogP contribution < -0.4 is 24.8 Å². The standard InChI is InChI=1S/C25H35N3O4.HI/c1-4-26-25(28-17-22(29)18-9-7-13-21(15-18)30-2)27-16-19-10-8-14-23(31-3)24(19)32-20-11-5-6-12-20;/h7-10,13-15,20,22,29H,4-6,11-12,16-17H2,1-3H3,(H2,26,27,28);1H. The van der Waals surface area contributed by atoms with Gasteiger partial charge in [-0.3, -0.25) is 0 Å². The van der Waals surface area contributed by atoms with Crippen LogP contribution >= 0.6 is 24.0 Å². The first-order valence-corrected chi connectivity index (χ1v) is 11.3. The van der Waals surface area contributed by atoms with Crippen molar-refractivity contribution in [3.8, 4) is 17.2 Å². The Morgan fingerprint density at radius 2 is 1.85 bits per heavy atom. The zero-order valence-corrected chi connectivity index (χ0v) is 22.0. The highest BCUT2D eigenvalue weighted by atomic mass is 127. The minimum Gasteiger partial charge on any atom is -0.497 e. The fourth-order valence-corrected chi connectivity index (χ4v) is 3.82. The zero-order chi connectivity index (χ0) is 22.8. The minimum absolute atomic E-state index is 0. The van der Waals surface area contributed by atoms with Crippen molar-refractivity contribution in [1.29, 1.82) is 0 Å². The molecule has 0 radical (unpaired) electrons. The molecule has 0 aromatic heterocycles. The molecule has 1 aliphatic rings. The minimum atomic E-state index is -0.688. The Balaban J connectivity index is 0.00000385. The van der Waals surface area contributed by atoms with Crippen LogP contribution in [0.3, 0.4) is 0 Å². The van der Waals surface area contributed by atoms with Crippen molar-refractivity contribution in [2.24, 2.45) is 4.99 Å². The van der Waals surface area contributed by atoms with Crippen LogP contribution in [0.1, 0.15) is 49.8 Å². The molecule has 8 heteroatoms. The summed E-state index contributed by atoms with van der Waals surface area (Å²) in [4.78, 5) is 4.72. The number of halogens is 1. The normalized spacial score (nSPS) is 14.8. The lowest BCUT2D eigenvalue weighted by Crippen LogP contribution is -2.39. The van der Waals surface area contributed by atoms with Gasteiger partial charge in [-0.15, -0.1) is 24.0 Å². The molecule has 33 heavy (non-hydrogen) atoms. The third kappa shape index (κ3) is 7.96. The SMILES string of the molecule is CCNC(=NCc1cccc(OC)c1OC1CCCC1)NCC(O)c1cccc(OC)c1.I. The van der Waals surface area contributed by atoms with Gasteiger partial charge in [-0.05, 0) is 56.4 Å². The van der Waals surface area contributed by atoms with Gasteiger partial charge in [-0.2, -0.15) is 0 Å². The molecule has 2 aromatic carbocycles. The van der Waals surface area contributed by atoms with E-state index in [0.29, 0.717) is 25.6 Å². The molecule has 3 N–H and O–H groups in total. The molecule has 0 bridgehead atoms. The Labute approximate surface area is 214 Å². The first kappa shape index (κ1) is 27.0. The maximum atomic E-state index is 10.6. The summed E-state index contributed by atoms with van der Waals surface area (Å²) in [5.74, 6) is 2.85. The highest BCUT2D eigenvalue weighted by Crippen LogP contribution is 2.35. The number of para-hydroxylation sites is 1. The number of aliphatic hydroxyl groups excluding tert-OH is 1. The molecular formula is C25H36IN3O4. The van der Waals surface area contributed by atoms with E-state index in [2.05, 4.69) is 10.6 Å². The number of hydrogen-bond donors (Lipinski definition) is 3. The number of hydrogen-bond acceptors (Lipinski definition) is 5. The van der Waals surface area contributed by atoms with Gasteiger partial charge in [0.15, 0.2) is 17.5 Å². The fourth-order valence-electron chi connectivity index (χ4n) is 3.82. The van der Waals surface area contributed by atoms with Crippen LogP contribution in [-0.4, -0.2) is 44.5 Å². The van der Waals surface area contributed by atoms with Gasteiger partial charge in [0.05, 0.1) is 33.0 Å². The summed E-state index contributed by atoms with van der Waals surface area (Å²) in [6.07, 6.45) is 4.11. The van der Waals surface area contributed by atoms with Gasteiger partial charge in [-0.1, -0.05) is 24.3 Å². The first-order valence-electron chi connectivity index (χ1n) is 11.3. The number of benzene rings is 2. The van der Waals surface area contributed by atoms with Crippen LogP contribution in [0.25, 0.3) is 0 Å². The molecule has 7 nitrogen and oxygen atoms in total. The second kappa shape index (κ2) is 14.1. The third-order valence-electron chi connectivity index (χ3n) is 5.56. The summed E-state index contributed by atoms with van der Waals surface area (Å²) in [6, 6.07) is 13.3. The van der Waals surface area contributed by atoms with Crippen molar-refractivity contribution < 1.29 is 19.3 Å². The fraction of sp³-hybridized carbons (Fsp3) is 0.480. The van der Waals surface area contributed by atoms with Crippen LogP contribution in [0, 0.1) is 0 Å². The number of rotatable bonds is 10. The number of nitrogens with zero attached hydrogens (tertiary/aromatic N) is 1. The Bertz CT molecular complexity index is 888. The van der Waals surface area contributed by atoms with E-state index < -0.39 is 6.10 Å². The van der Waals surface area contributed by atoms with Crippen molar-refractivity contribution >= 4 is 29.9 Å². The summed E-state index contributed by atoms with van der Waals surface area (Å²) < 4.78 is 17.1. The average Bonchev–Trinajstić information content (AvgIpc) is 3.34. The highest BCUT2D eigenvalue weighted by Gasteiger charge is 2.20. The van der Waals surface area contributed by atoms with Gasteiger partial charge >= 0.3 is 0 Å². The summed E-state index contributed by atoms with van der Waals surface area (Å²) >= 11 is 0. The highest BCUT2D eigenvalue weighted by molar-refractivity contribution is 14.0. The van der Waals surface area contributed by atoms with Gasteiger partial charge < -0.3 is 30.0 Å². The molecule has 0 amide bonds. The van der Waals surface area contributed by atoms with E-state index in [1.165, 1.54) is 12.8 Å². The van der Waals surface area contributed by atoms with Crippen LogP contribution in [0.15, 0.2) is 47.5 Å². The van der Waals surface area contributed by atoms with E-state index in [-0.39, 0.29) is 30.1 Å². The summed E-state index contributed by atoms with van der Waals surface area (Å²) in [5.41, 5.74) is 1.76. The maximum Gasteiger partial charge on any atom is 0.191 e. The zero-order valence-electron chi connectivity index (χ0n) is 19.7. The van der Waals surface area contributed by atoms with Crippen LogP contribution in [0.2, 0.25) is 0 Å². The number of aliphatic hydroxyl groups is 1. The van der Waals surface area contributed by atoms with E-state index in [9.17, 15) is 5.11 Å². The van der Waals surface area contributed by atoms with Crippen molar-refractivity contribution in [3.63, 3.8) is 0 Å². The molecule has 0 heterocycles. The monoisotopic (exact) mass is 569 g/mol. The Morgan fingerprint density at radius 3 is 2.55 bits per heavy atom. The number of ether oxygens (including phenoxy) is 3. The average molecular weight is 569 g/mol. The number of methoxy groups -OCH3 is 2. The Morgan fingerprint density at radius 1 is 1.09 bits per heavy atom. The predicted molar refractivity (Wildman–Crippen MR) is 142 cm³/mol. The molecule has 0 aliphatic heterocycles. The smallest absolute Gasteiger partial charge is 0.191 e. The number of guanidine groups is 1. The molecule has 1 aliphatic carbocycles. The van der Waals surface area contributed by atoms with Gasteiger partial charge in [0.2, 0.25) is 0 Å². The molecule has 1 fully saturated rings. The Hall–Kier alpha value is -2.20. The molecule has 1 atom stereocenters. The topological polar surface area (TPSA) is 84.3 Å². The second-order valence-electron chi connectivity index (χ2n) is 7.84. The summed E-state index contributed by atoms with van der Waals surface area (Å²) in [7, 11) is 3.28. The van der Waals surface area contributed by atoms with E-state index in [0.717, 1.165) is 41.2 Å². The van der Waals surface area contributed by atoms with E-state index in [1.54, 1.807) is 14.2 Å². The first-order chi connectivity index (χ1) is 15.6. The van der Waals surface area contributed by atoms with Crippen molar-refractivity contribution in [2.45, 2.75) is 51.4 Å². The molecule has 2 aromatic rings. The second-order valence-corrected chi connectivity index (χ2v) is 7.84. The van der Waals surface area contributed by atoms with Crippen molar-refractivity contribution in [2.75, 3.05) is 27.3 Å². The molecule has 0 saturated heterocycles. The lowest BCUT2D eigenvalue weighted by atomic mass is 10.1. The summed E-state index contributed by atoms with van der Waals surface area (Å²) in [5, 5.41) is 17.0. The largest absolute Gasteiger partial charge is 0.497 e. The van der Waals surface area contributed by atoms with Crippen molar-refractivity contribution in [1.82, 2.24) is 10.6 Å². The van der Waals surface area contributed by atoms with Crippen LogP contribution in [0.4, 0.5) is 0 Å². The predicted octanol–water partition coefficient (Wildman–Crippen LogP) is 4.43. The van der Waals surface area contributed by atoms with Gasteiger partial charge in [0, 0.05) is 18.7 Å². The number of nitrogens with one attached hydrogen (secondary N) is 2. The van der Waals surface area contributed by atoms with E-state index in [1.807, 2.05) is 49.4 Å². The van der Waals surface area contributed by atoms with Gasteiger partial charge in [-0.25, -0.2) is 4.99 Å². The molecule has 1 unspecified atom stereocenters. The van der Waals surface area contributed by atoms with Crippen LogP contribution in [-0.2, 0) is 6.54 Å². The van der Waals surface area contributed by atoms with Gasteiger partial charge in [0.25, 0.3) is 0 Å². The molecule has 1 saturated carbocycles. The van der Waals surface area contributed by atoms with Crippen LogP contribution in [0.5, 0.6) is 17.2 Å². The maximum absolute atomic E-state index is 10.6. The molecule has 182 valence electrons. The third-order valence-corrected chi connectivity index (χ3v) is 5.56.